The lowest BCUT2D eigenvalue weighted by molar-refractivity contribution is -0.142. The number of morpholine rings is 1. The van der Waals surface area contributed by atoms with Crippen molar-refractivity contribution in [3.63, 3.8) is 0 Å². The number of amides is 2. The van der Waals surface area contributed by atoms with E-state index in [0.717, 1.165) is 50.4 Å². The van der Waals surface area contributed by atoms with Crippen molar-refractivity contribution in [2.75, 3.05) is 31.2 Å². The van der Waals surface area contributed by atoms with E-state index < -0.39 is 5.97 Å². The summed E-state index contributed by atoms with van der Waals surface area (Å²) in [6.07, 6.45) is 2.69. The molecule has 0 radical (unpaired) electrons. The first kappa shape index (κ1) is 18.5. The Hall–Kier alpha value is -2.28. The number of carbonyl (C=O) groups is 2. The summed E-state index contributed by atoms with van der Waals surface area (Å²) in [6.45, 7) is 3.73. The minimum Gasteiger partial charge on any atom is -0.481 e. The average molecular weight is 361 g/mol. The van der Waals surface area contributed by atoms with Gasteiger partial charge in [-0.25, -0.2) is 4.79 Å². The quantitative estimate of drug-likeness (QED) is 0.746. The van der Waals surface area contributed by atoms with E-state index in [1.165, 1.54) is 0 Å². The van der Waals surface area contributed by atoms with Crippen molar-refractivity contribution in [1.82, 2.24) is 10.6 Å². The van der Waals surface area contributed by atoms with Crippen LogP contribution in [0.25, 0.3) is 0 Å². The Balaban J connectivity index is 1.44. The van der Waals surface area contributed by atoms with Gasteiger partial charge >= 0.3 is 12.0 Å². The molecule has 0 bridgehead atoms. The van der Waals surface area contributed by atoms with Crippen molar-refractivity contribution in [2.45, 2.75) is 38.3 Å². The van der Waals surface area contributed by atoms with E-state index >= 15 is 0 Å². The van der Waals surface area contributed by atoms with Gasteiger partial charge in [0.2, 0.25) is 0 Å². The van der Waals surface area contributed by atoms with E-state index in [-0.39, 0.29) is 18.0 Å². The highest BCUT2D eigenvalue weighted by molar-refractivity contribution is 5.74. The number of anilines is 1. The molecule has 142 valence electrons. The molecule has 7 heteroatoms. The number of carboxylic acids is 1. The Morgan fingerprint density at radius 3 is 2.58 bits per heavy atom. The Morgan fingerprint density at radius 2 is 1.88 bits per heavy atom. The number of carboxylic acid groups (broad SMARTS) is 1. The van der Waals surface area contributed by atoms with Crippen molar-refractivity contribution >= 4 is 17.7 Å². The van der Waals surface area contributed by atoms with Crippen LogP contribution in [0.5, 0.6) is 0 Å². The maximum Gasteiger partial charge on any atom is 0.315 e. The molecule has 1 saturated heterocycles. The van der Waals surface area contributed by atoms with Crippen LogP contribution in [0.1, 0.15) is 31.2 Å². The van der Waals surface area contributed by atoms with Crippen molar-refractivity contribution in [3.8, 4) is 0 Å². The molecule has 3 rings (SSSR count). The molecule has 2 fully saturated rings. The number of nitrogens with one attached hydrogen (secondary N) is 2. The van der Waals surface area contributed by atoms with Crippen LogP contribution in [0.3, 0.4) is 0 Å². The first-order valence-electron chi connectivity index (χ1n) is 9.30. The molecular formula is C19H27N3O4. The highest BCUT2D eigenvalue weighted by Crippen LogP contribution is 2.24. The van der Waals surface area contributed by atoms with E-state index in [9.17, 15) is 9.59 Å². The summed E-state index contributed by atoms with van der Waals surface area (Å²) in [7, 11) is 0. The summed E-state index contributed by atoms with van der Waals surface area (Å²) < 4.78 is 5.38. The number of ether oxygens (including phenoxy) is 1. The SMILES string of the molecule is O=C(NCc1cccc(N2CCOCC2)c1)NC1CCC(C(=O)O)CC1. The van der Waals surface area contributed by atoms with Crippen molar-refractivity contribution in [3.05, 3.63) is 29.8 Å². The second kappa shape index (κ2) is 8.89. The van der Waals surface area contributed by atoms with Crippen molar-refractivity contribution in [1.29, 1.82) is 0 Å². The van der Waals surface area contributed by atoms with Crippen LogP contribution >= 0.6 is 0 Å². The third-order valence-corrected chi connectivity index (χ3v) is 5.15. The molecule has 2 amide bonds. The number of aliphatic carboxylic acids is 1. The lowest BCUT2D eigenvalue weighted by Gasteiger charge is -2.29. The lowest BCUT2D eigenvalue weighted by atomic mass is 9.86. The molecule has 1 aliphatic heterocycles. The number of rotatable bonds is 5. The normalized spacial score (nSPS) is 23.3. The largest absolute Gasteiger partial charge is 0.481 e. The predicted octanol–water partition coefficient (Wildman–Crippen LogP) is 1.97. The lowest BCUT2D eigenvalue weighted by Crippen LogP contribution is -2.43. The number of nitrogens with zero attached hydrogens (tertiary/aromatic N) is 1. The molecule has 0 spiro atoms. The Bertz CT molecular complexity index is 623. The number of carbonyl (C=O) groups excluding carboxylic acids is 1. The fraction of sp³-hybridized carbons (Fsp3) is 0.579. The summed E-state index contributed by atoms with van der Waals surface area (Å²) in [5.41, 5.74) is 2.21. The van der Waals surface area contributed by atoms with Crippen LogP contribution in [0.15, 0.2) is 24.3 Å². The minimum atomic E-state index is -0.729. The van der Waals surface area contributed by atoms with Crippen LogP contribution in [-0.2, 0) is 16.1 Å². The molecule has 1 aliphatic carbocycles. The van der Waals surface area contributed by atoms with Gasteiger partial charge in [-0.1, -0.05) is 12.1 Å². The van der Waals surface area contributed by atoms with Gasteiger partial charge in [0.25, 0.3) is 0 Å². The third-order valence-electron chi connectivity index (χ3n) is 5.15. The molecule has 0 atom stereocenters. The zero-order valence-corrected chi connectivity index (χ0v) is 14.9. The highest BCUT2D eigenvalue weighted by Gasteiger charge is 2.26. The maximum absolute atomic E-state index is 12.1. The van der Waals surface area contributed by atoms with Crippen LogP contribution in [-0.4, -0.2) is 49.5 Å². The number of urea groups is 1. The van der Waals surface area contributed by atoms with Gasteiger partial charge < -0.3 is 25.4 Å². The Morgan fingerprint density at radius 1 is 1.15 bits per heavy atom. The molecule has 0 aromatic heterocycles. The van der Waals surface area contributed by atoms with Crippen LogP contribution in [0.4, 0.5) is 10.5 Å². The second-order valence-corrected chi connectivity index (χ2v) is 6.98. The van der Waals surface area contributed by atoms with Crippen LogP contribution in [0, 0.1) is 5.92 Å². The fourth-order valence-electron chi connectivity index (χ4n) is 3.59. The third kappa shape index (κ3) is 5.11. The van der Waals surface area contributed by atoms with Gasteiger partial charge in [0.15, 0.2) is 0 Å². The van der Waals surface area contributed by atoms with Gasteiger partial charge in [0, 0.05) is 31.4 Å². The van der Waals surface area contributed by atoms with Gasteiger partial charge in [0.05, 0.1) is 19.1 Å². The van der Waals surface area contributed by atoms with E-state index in [0.29, 0.717) is 19.4 Å². The molecule has 26 heavy (non-hydrogen) atoms. The Labute approximate surface area is 153 Å². The van der Waals surface area contributed by atoms with E-state index in [1.807, 2.05) is 12.1 Å². The predicted molar refractivity (Wildman–Crippen MR) is 98.2 cm³/mol. The topological polar surface area (TPSA) is 90.9 Å². The molecule has 1 aromatic carbocycles. The first-order chi connectivity index (χ1) is 12.6. The van der Waals surface area contributed by atoms with Gasteiger partial charge in [-0.2, -0.15) is 0 Å². The number of hydrogen-bond acceptors (Lipinski definition) is 4. The van der Waals surface area contributed by atoms with E-state index in [4.69, 9.17) is 9.84 Å². The van der Waals surface area contributed by atoms with Crippen LogP contribution in [0.2, 0.25) is 0 Å². The molecule has 0 unspecified atom stereocenters. The summed E-state index contributed by atoms with van der Waals surface area (Å²) in [4.78, 5) is 25.4. The van der Waals surface area contributed by atoms with Gasteiger partial charge in [-0.05, 0) is 43.4 Å². The standard InChI is InChI=1S/C19H27N3O4/c23-18(24)15-4-6-16(7-5-15)21-19(25)20-13-14-2-1-3-17(12-14)22-8-10-26-11-9-22/h1-3,12,15-16H,4-11,13H2,(H,23,24)(H2,20,21,25). The van der Waals surface area contributed by atoms with E-state index in [1.54, 1.807) is 0 Å². The Kier molecular flexibility index (Phi) is 6.33. The molecule has 1 aromatic rings. The average Bonchev–Trinajstić information content (AvgIpc) is 2.68. The number of benzene rings is 1. The summed E-state index contributed by atoms with van der Waals surface area (Å²) >= 11 is 0. The minimum absolute atomic E-state index is 0.0604. The van der Waals surface area contributed by atoms with Gasteiger partial charge in [-0.15, -0.1) is 0 Å². The smallest absolute Gasteiger partial charge is 0.315 e. The number of hydrogen-bond donors (Lipinski definition) is 3. The van der Waals surface area contributed by atoms with Gasteiger partial charge in [-0.3, -0.25) is 4.79 Å². The molecule has 2 aliphatic rings. The van der Waals surface area contributed by atoms with Crippen molar-refractivity contribution < 1.29 is 19.4 Å². The molecular weight excluding hydrogens is 334 g/mol. The van der Waals surface area contributed by atoms with Gasteiger partial charge in [0.1, 0.15) is 0 Å². The zero-order chi connectivity index (χ0) is 18.4. The molecule has 7 nitrogen and oxygen atoms in total. The fourth-order valence-corrected chi connectivity index (χ4v) is 3.59. The monoisotopic (exact) mass is 361 g/mol. The maximum atomic E-state index is 12.1. The van der Waals surface area contributed by atoms with Crippen molar-refractivity contribution in [2.24, 2.45) is 5.92 Å². The zero-order valence-electron chi connectivity index (χ0n) is 14.9. The first-order valence-corrected chi connectivity index (χ1v) is 9.30. The second-order valence-electron chi connectivity index (χ2n) is 6.98. The summed E-state index contributed by atoms with van der Waals surface area (Å²) in [6, 6.07) is 8.06. The molecule has 3 N–H and O–H groups in total. The summed E-state index contributed by atoms with van der Waals surface area (Å²) in [5, 5.41) is 14.9. The molecule has 1 saturated carbocycles. The van der Waals surface area contributed by atoms with E-state index in [2.05, 4.69) is 27.7 Å². The summed E-state index contributed by atoms with van der Waals surface area (Å²) in [5.74, 6) is -0.993. The molecule has 1 heterocycles. The highest BCUT2D eigenvalue weighted by atomic mass is 16.5. The van der Waals surface area contributed by atoms with Crippen LogP contribution < -0.4 is 15.5 Å².